The molecule has 12 heavy (non-hydrogen) atoms. The van der Waals surface area contributed by atoms with Crippen LogP contribution >= 0.6 is 0 Å². The molecule has 0 aliphatic heterocycles. The van der Waals surface area contributed by atoms with E-state index in [0.717, 1.165) is 12.8 Å². The predicted molar refractivity (Wildman–Crippen MR) is 53.2 cm³/mol. The Kier molecular flexibility index (Phi) is 5.19. The van der Waals surface area contributed by atoms with Crippen LogP contribution < -0.4 is 0 Å². The van der Waals surface area contributed by atoms with Crippen LogP contribution in [0.4, 0.5) is 0 Å². The van der Waals surface area contributed by atoms with Crippen molar-refractivity contribution in [2.75, 3.05) is 0 Å². The SMILES string of the molecule is CCCCCCC(=O)C(C)(C)C. The van der Waals surface area contributed by atoms with Crippen LogP contribution in [0.15, 0.2) is 0 Å². The lowest BCUT2D eigenvalue weighted by atomic mass is 9.88. The third-order valence-electron chi connectivity index (χ3n) is 2.09. The molecule has 0 aliphatic rings. The lowest BCUT2D eigenvalue weighted by molar-refractivity contribution is -0.126. The first-order chi connectivity index (χ1) is 5.48. The van der Waals surface area contributed by atoms with Crippen molar-refractivity contribution >= 4 is 5.78 Å². The highest BCUT2D eigenvalue weighted by molar-refractivity contribution is 5.83. The van der Waals surface area contributed by atoms with Crippen molar-refractivity contribution in [1.29, 1.82) is 0 Å². The molecule has 0 saturated heterocycles. The molecule has 0 aliphatic carbocycles. The van der Waals surface area contributed by atoms with Crippen LogP contribution in [0, 0.1) is 5.41 Å². The Labute approximate surface area is 76.6 Å². The normalized spacial score (nSPS) is 11.7. The quantitative estimate of drug-likeness (QED) is 0.576. The summed E-state index contributed by atoms with van der Waals surface area (Å²) in [5.74, 6) is 0.401. The molecule has 0 spiro atoms. The fraction of sp³-hybridized carbons (Fsp3) is 0.909. The third kappa shape index (κ3) is 5.34. The highest BCUT2D eigenvalue weighted by Crippen LogP contribution is 2.18. The van der Waals surface area contributed by atoms with Gasteiger partial charge in [0.2, 0.25) is 0 Å². The van der Waals surface area contributed by atoms with E-state index in [-0.39, 0.29) is 5.41 Å². The van der Waals surface area contributed by atoms with Crippen LogP contribution in [0.25, 0.3) is 0 Å². The second kappa shape index (κ2) is 5.34. The fourth-order valence-corrected chi connectivity index (χ4v) is 1.09. The second-order valence-corrected chi connectivity index (χ2v) is 4.48. The molecule has 0 aromatic carbocycles. The van der Waals surface area contributed by atoms with Crippen molar-refractivity contribution in [2.45, 2.75) is 59.8 Å². The fourth-order valence-electron chi connectivity index (χ4n) is 1.09. The van der Waals surface area contributed by atoms with Crippen molar-refractivity contribution in [2.24, 2.45) is 5.41 Å². The molecule has 0 saturated carbocycles. The molecule has 0 N–H and O–H groups in total. The number of carbonyl (C=O) groups is 1. The summed E-state index contributed by atoms with van der Waals surface area (Å²) in [6.45, 7) is 8.17. The summed E-state index contributed by atoms with van der Waals surface area (Å²) in [5.41, 5.74) is -0.133. The topological polar surface area (TPSA) is 17.1 Å². The first-order valence-electron chi connectivity index (χ1n) is 5.01. The van der Waals surface area contributed by atoms with Crippen molar-refractivity contribution in [1.82, 2.24) is 0 Å². The van der Waals surface area contributed by atoms with Crippen molar-refractivity contribution in [3.05, 3.63) is 0 Å². The van der Waals surface area contributed by atoms with Gasteiger partial charge in [-0.2, -0.15) is 0 Å². The maximum Gasteiger partial charge on any atom is 0.138 e. The van der Waals surface area contributed by atoms with Gasteiger partial charge in [-0.15, -0.1) is 0 Å². The minimum atomic E-state index is -0.133. The first-order valence-corrected chi connectivity index (χ1v) is 5.01. The van der Waals surface area contributed by atoms with Crippen LogP contribution in [0.5, 0.6) is 0 Å². The van der Waals surface area contributed by atoms with Gasteiger partial charge in [-0.1, -0.05) is 47.0 Å². The molecule has 0 aromatic rings. The van der Waals surface area contributed by atoms with Crippen molar-refractivity contribution in [3.8, 4) is 0 Å². The zero-order valence-corrected chi connectivity index (χ0v) is 8.94. The largest absolute Gasteiger partial charge is 0.299 e. The Morgan fingerprint density at radius 3 is 2.08 bits per heavy atom. The van der Waals surface area contributed by atoms with Gasteiger partial charge in [0.1, 0.15) is 5.78 Å². The minimum Gasteiger partial charge on any atom is -0.299 e. The molecule has 0 rings (SSSR count). The van der Waals surface area contributed by atoms with Crippen molar-refractivity contribution < 1.29 is 4.79 Å². The summed E-state index contributed by atoms with van der Waals surface area (Å²) >= 11 is 0. The molecule has 1 heteroatoms. The summed E-state index contributed by atoms with van der Waals surface area (Å²) in [6, 6.07) is 0. The van der Waals surface area contributed by atoms with E-state index in [1.54, 1.807) is 0 Å². The Bertz CT molecular complexity index is 130. The third-order valence-corrected chi connectivity index (χ3v) is 2.09. The van der Waals surface area contributed by atoms with E-state index in [1.165, 1.54) is 19.3 Å². The predicted octanol–water partition coefficient (Wildman–Crippen LogP) is 3.57. The van der Waals surface area contributed by atoms with Crippen LogP contribution in [0.2, 0.25) is 0 Å². The van der Waals surface area contributed by atoms with Crippen LogP contribution in [0.3, 0.4) is 0 Å². The Morgan fingerprint density at radius 2 is 1.67 bits per heavy atom. The lowest BCUT2D eigenvalue weighted by Gasteiger charge is -2.15. The van der Waals surface area contributed by atoms with E-state index >= 15 is 0 Å². The van der Waals surface area contributed by atoms with E-state index in [0.29, 0.717) is 5.78 Å². The molecule has 0 amide bonds. The van der Waals surface area contributed by atoms with Gasteiger partial charge in [0.05, 0.1) is 0 Å². The number of Topliss-reactive ketones (excluding diaryl/α,β-unsaturated/α-hetero) is 1. The molecule has 72 valence electrons. The minimum absolute atomic E-state index is 0.133. The number of ketones is 1. The molecule has 0 fully saturated rings. The molecular formula is C11H22O. The van der Waals surface area contributed by atoms with Gasteiger partial charge in [0, 0.05) is 11.8 Å². The van der Waals surface area contributed by atoms with E-state index in [9.17, 15) is 4.79 Å². The number of hydrogen-bond acceptors (Lipinski definition) is 1. The molecule has 1 nitrogen and oxygen atoms in total. The highest BCUT2D eigenvalue weighted by Gasteiger charge is 2.19. The maximum absolute atomic E-state index is 11.4. The molecule has 0 bridgehead atoms. The van der Waals surface area contributed by atoms with E-state index in [4.69, 9.17) is 0 Å². The summed E-state index contributed by atoms with van der Waals surface area (Å²) < 4.78 is 0. The van der Waals surface area contributed by atoms with Crippen LogP contribution in [-0.4, -0.2) is 5.78 Å². The van der Waals surface area contributed by atoms with Gasteiger partial charge >= 0.3 is 0 Å². The monoisotopic (exact) mass is 170 g/mol. The molecular weight excluding hydrogens is 148 g/mol. The Hall–Kier alpha value is -0.330. The number of rotatable bonds is 5. The molecule has 0 unspecified atom stereocenters. The van der Waals surface area contributed by atoms with E-state index in [2.05, 4.69) is 6.92 Å². The average Bonchev–Trinajstić information content (AvgIpc) is 1.96. The van der Waals surface area contributed by atoms with E-state index in [1.807, 2.05) is 20.8 Å². The molecule has 0 aromatic heterocycles. The van der Waals surface area contributed by atoms with E-state index < -0.39 is 0 Å². The smallest absolute Gasteiger partial charge is 0.138 e. The van der Waals surface area contributed by atoms with Gasteiger partial charge in [0.25, 0.3) is 0 Å². The zero-order chi connectivity index (χ0) is 9.61. The summed E-state index contributed by atoms with van der Waals surface area (Å²) in [6.07, 6.45) is 5.55. The highest BCUT2D eigenvalue weighted by atomic mass is 16.1. The first kappa shape index (κ1) is 11.7. The zero-order valence-electron chi connectivity index (χ0n) is 8.94. The Morgan fingerprint density at radius 1 is 1.08 bits per heavy atom. The van der Waals surface area contributed by atoms with Crippen molar-refractivity contribution in [3.63, 3.8) is 0 Å². The standard InChI is InChI=1S/C11H22O/c1-5-6-7-8-9-10(12)11(2,3)4/h5-9H2,1-4H3. The number of hydrogen-bond donors (Lipinski definition) is 0. The van der Waals surface area contributed by atoms with Gasteiger partial charge in [-0.25, -0.2) is 0 Å². The van der Waals surface area contributed by atoms with Crippen LogP contribution in [-0.2, 0) is 4.79 Å². The second-order valence-electron chi connectivity index (χ2n) is 4.48. The van der Waals surface area contributed by atoms with Gasteiger partial charge < -0.3 is 0 Å². The van der Waals surface area contributed by atoms with Gasteiger partial charge in [-0.3, -0.25) is 4.79 Å². The summed E-state index contributed by atoms with van der Waals surface area (Å²) in [5, 5.41) is 0. The van der Waals surface area contributed by atoms with Gasteiger partial charge in [-0.05, 0) is 6.42 Å². The molecule has 0 atom stereocenters. The number of carbonyl (C=O) groups excluding carboxylic acids is 1. The van der Waals surface area contributed by atoms with Gasteiger partial charge in [0.15, 0.2) is 0 Å². The maximum atomic E-state index is 11.4. The molecule has 0 radical (unpaired) electrons. The van der Waals surface area contributed by atoms with Crippen LogP contribution in [0.1, 0.15) is 59.8 Å². The lowest BCUT2D eigenvalue weighted by Crippen LogP contribution is -2.19. The Balaban J connectivity index is 3.45. The average molecular weight is 170 g/mol. The summed E-state index contributed by atoms with van der Waals surface area (Å²) in [7, 11) is 0. The summed E-state index contributed by atoms with van der Waals surface area (Å²) in [4.78, 5) is 11.4. The number of unbranched alkanes of at least 4 members (excludes halogenated alkanes) is 3. The molecule has 0 heterocycles.